The Morgan fingerprint density at radius 2 is 1.95 bits per heavy atom. The second-order valence-electron chi connectivity index (χ2n) is 8.33. The number of aliphatic hydroxyl groups is 1. The summed E-state index contributed by atoms with van der Waals surface area (Å²) in [7, 11) is 0. The highest BCUT2D eigenvalue weighted by molar-refractivity contribution is 5.26. The summed E-state index contributed by atoms with van der Waals surface area (Å²) in [5.41, 5.74) is 1.73. The normalized spacial score (nSPS) is 51.7. The van der Waals surface area contributed by atoms with Crippen LogP contribution < -0.4 is 0 Å². The minimum absolute atomic E-state index is 0.201. The van der Waals surface area contributed by atoms with Crippen molar-refractivity contribution in [2.75, 3.05) is 0 Å². The van der Waals surface area contributed by atoms with E-state index in [4.69, 9.17) is 0 Å². The minimum Gasteiger partial charge on any atom is -0.390 e. The maximum Gasteiger partial charge on any atom is 0.0653 e. The van der Waals surface area contributed by atoms with Gasteiger partial charge in [0.05, 0.1) is 5.60 Å². The maximum absolute atomic E-state index is 10.8. The van der Waals surface area contributed by atoms with Crippen LogP contribution in [0.4, 0.5) is 0 Å². The van der Waals surface area contributed by atoms with Crippen molar-refractivity contribution in [2.24, 2.45) is 22.7 Å². The second-order valence-corrected chi connectivity index (χ2v) is 8.33. The first-order chi connectivity index (χ1) is 9.31. The first-order valence-electron chi connectivity index (χ1n) is 8.38. The minimum atomic E-state index is -0.447. The molecule has 0 aromatic heterocycles. The highest BCUT2D eigenvalue weighted by Gasteiger charge is 2.55. The Labute approximate surface area is 124 Å². The zero-order chi connectivity index (χ0) is 14.6. The molecule has 20 heavy (non-hydrogen) atoms. The van der Waals surface area contributed by atoms with Crippen molar-refractivity contribution in [3.63, 3.8) is 0 Å². The van der Waals surface area contributed by atoms with Crippen LogP contribution in [0.5, 0.6) is 0 Å². The number of hydrogen-bond donors (Lipinski definition) is 1. The quantitative estimate of drug-likeness (QED) is 0.677. The Morgan fingerprint density at radius 3 is 2.65 bits per heavy atom. The van der Waals surface area contributed by atoms with Crippen LogP contribution in [0.25, 0.3) is 0 Å². The molecule has 1 heteroatoms. The standard InChI is InChI=1S/C19H30O/c1-5-17(2)12-9-15-14(13-17)7-8-16-18(15,3)10-6-11-19(16,4)20/h5,13,15-16,20H,1,6-12H2,2-4H3/t15-,16-,17+,18+,19-/m0/s1. The molecule has 0 radical (unpaired) electrons. The van der Waals surface area contributed by atoms with Gasteiger partial charge in [0.2, 0.25) is 0 Å². The fraction of sp³-hybridized carbons (Fsp3) is 0.789. The summed E-state index contributed by atoms with van der Waals surface area (Å²) in [6.07, 6.45) is 12.9. The average molecular weight is 274 g/mol. The molecule has 0 aromatic carbocycles. The molecule has 0 amide bonds. The van der Waals surface area contributed by atoms with E-state index in [1.165, 1.54) is 38.5 Å². The third-order valence-electron chi connectivity index (χ3n) is 6.86. The van der Waals surface area contributed by atoms with Crippen LogP contribution in [0.2, 0.25) is 0 Å². The lowest BCUT2D eigenvalue weighted by Crippen LogP contribution is -2.54. The first kappa shape index (κ1) is 14.4. The maximum atomic E-state index is 10.8. The monoisotopic (exact) mass is 274 g/mol. The number of rotatable bonds is 1. The van der Waals surface area contributed by atoms with Gasteiger partial charge < -0.3 is 5.11 Å². The van der Waals surface area contributed by atoms with E-state index in [1.54, 1.807) is 5.57 Å². The number of allylic oxidation sites excluding steroid dienone is 3. The highest BCUT2D eigenvalue weighted by atomic mass is 16.3. The van der Waals surface area contributed by atoms with Gasteiger partial charge in [-0.3, -0.25) is 0 Å². The van der Waals surface area contributed by atoms with Gasteiger partial charge >= 0.3 is 0 Å². The molecule has 0 saturated heterocycles. The SMILES string of the molecule is C=C[C@@]1(C)C=C2CC[C@H]3[C@](C)(CCC[C@]3(C)O)[C@H]2CC1. The van der Waals surface area contributed by atoms with Crippen molar-refractivity contribution in [1.82, 2.24) is 0 Å². The van der Waals surface area contributed by atoms with Gasteiger partial charge in [0.1, 0.15) is 0 Å². The van der Waals surface area contributed by atoms with Crippen molar-refractivity contribution in [3.8, 4) is 0 Å². The van der Waals surface area contributed by atoms with Crippen molar-refractivity contribution >= 4 is 0 Å². The summed E-state index contributed by atoms with van der Waals surface area (Å²) in [5.74, 6) is 1.18. The smallest absolute Gasteiger partial charge is 0.0653 e. The zero-order valence-electron chi connectivity index (χ0n) is 13.4. The predicted molar refractivity (Wildman–Crippen MR) is 84.4 cm³/mol. The van der Waals surface area contributed by atoms with Gasteiger partial charge in [-0.1, -0.05) is 38.0 Å². The molecule has 2 saturated carbocycles. The largest absolute Gasteiger partial charge is 0.390 e. The summed E-state index contributed by atoms with van der Waals surface area (Å²) < 4.78 is 0. The summed E-state index contributed by atoms with van der Waals surface area (Å²) in [5, 5.41) is 10.8. The molecule has 5 atom stereocenters. The highest BCUT2D eigenvalue weighted by Crippen LogP contribution is 2.61. The van der Waals surface area contributed by atoms with Crippen LogP contribution in [-0.4, -0.2) is 10.7 Å². The van der Waals surface area contributed by atoms with Gasteiger partial charge in [0, 0.05) is 5.41 Å². The molecule has 3 rings (SSSR count). The third kappa shape index (κ3) is 2.01. The molecule has 1 nitrogen and oxygen atoms in total. The van der Waals surface area contributed by atoms with Crippen LogP contribution in [0.3, 0.4) is 0 Å². The van der Waals surface area contributed by atoms with E-state index in [9.17, 15) is 5.11 Å². The molecule has 3 aliphatic carbocycles. The van der Waals surface area contributed by atoms with Crippen LogP contribution >= 0.6 is 0 Å². The molecule has 3 aliphatic rings. The van der Waals surface area contributed by atoms with Crippen LogP contribution in [0.15, 0.2) is 24.3 Å². The molecule has 0 bridgehead atoms. The molecule has 0 aromatic rings. The zero-order valence-corrected chi connectivity index (χ0v) is 13.4. The number of fused-ring (bicyclic) bond motifs is 3. The van der Waals surface area contributed by atoms with Crippen molar-refractivity contribution in [1.29, 1.82) is 0 Å². The molecule has 2 fully saturated rings. The van der Waals surface area contributed by atoms with Crippen molar-refractivity contribution in [3.05, 3.63) is 24.3 Å². The Bertz CT molecular complexity index is 447. The Balaban J connectivity index is 1.97. The molecular weight excluding hydrogens is 244 g/mol. The Hall–Kier alpha value is -0.560. The van der Waals surface area contributed by atoms with Gasteiger partial charge in [-0.2, -0.15) is 0 Å². The summed E-state index contributed by atoms with van der Waals surface area (Å²) in [6, 6.07) is 0. The summed E-state index contributed by atoms with van der Waals surface area (Å²) >= 11 is 0. The van der Waals surface area contributed by atoms with Gasteiger partial charge in [-0.15, -0.1) is 6.58 Å². The summed E-state index contributed by atoms with van der Waals surface area (Å²) in [6.45, 7) is 10.9. The predicted octanol–water partition coefficient (Wildman–Crippen LogP) is 4.87. The van der Waals surface area contributed by atoms with Crippen LogP contribution in [-0.2, 0) is 0 Å². The van der Waals surface area contributed by atoms with E-state index in [-0.39, 0.29) is 5.41 Å². The second kappa shape index (κ2) is 4.47. The molecule has 0 spiro atoms. The molecule has 1 N–H and O–H groups in total. The van der Waals surface area contributed by atoms with E-state index in [1.807, 2.05) is 0 Å². The third-order valence-corrected chi connectivity index (χ3v) is 6.86. The molecule has 0 heterocycles. The van der Waals surface area contributed by atoms with E-state index in [0.29, 0.717) is 17.3 Å². The molecule has 0 unspecified atom stereocenters. The lowest BCUT2D eigenvalue weighted by atomic mass is 9.48. The fourth-order valence-corrected chi connectivity index (χ4v) is 5.65. The van der Waals surface area contributed by atoms with E-state index >= 15 is 0 Å². The topological polar surface area (TPSA) is 20.2 Å². The van der Waals surface area contributed by atoms with E-state index in [2.05, 4.69) is 39.5 Å². The Kier molecular flexibility index (Phi) is 3.21. The van der Waals surface area contributed by atoms with Gasteiger partial charge in [-0.05, 0) is 62.7 Å². The fourth-order valence-electron chi connectivity index (χ4n) is 5.65. The van der Waals surface area contributed by atoms with Crippen LogP contribution in [0, 0.1) is 22.7 Å². The molecule has 112 valence electrons. The van der Waals surface area contributed by atoms with Gasteiger partial charge in [0.15, 0.2) is 0 Å². The summed E-state index contributed by atoms with van der Waals surface area (Å²) in [4.78, 5) is 0. The van der Waals surface area contributed by atoms with E-state index in [0.717, 1.165) is 6.42 Å². The van der Waals surface area contributed by atoms with Crippen LogP contribution in [0.1, 0.15) is 65.7 Å². The van der Waals surface area contributed by atoms with Gasteiger partial charge in [-0.25, -0.2) is 0 Å². The molecular formula is C19H30O. The Morgan fingerprint density at radius 1 is 1.20 bits per heavy atom. The first-order valence-corrected chi connectivity index (χ1v) is 8.38. The lowest BCUT2D eigenvalue weighted by Gasteiger charge is -2.58. The molecule has 0 aliphatic heterocycles. The van der Waals surface area contributed by atoms with Crippen molar-refractivity contribution < 1.29 is 5.11 Å². The van der Waals surface area contributed by atoms with Crippen molar-refractivity contribution in [2.45, 2.75) is 71.3 Å². The van der Waals surface area contributed by atoms with E-state index < -0.39 is 5.60 Å². The van der Waals surface area contributed by atoms with Gasteiger partial charge in [0.25, 0.3) is 0 Å². The number of hydrogen-bond acceptors (Lipinski definition) is 1. The average Bonchev–Trinajstić information content (AvgIpc) is 2.37. The lowest BCUT2D eigenvalue weighted by molar-refractivity contribution is -0.127.